The number of urea groups is 1. The molecule has 0 saturated carbocycles. The van der Waals surface area contributed by atoms with Crippen molar-refractivity contribution in [1.82, 2.24) is 14.7 Å². The molecule has 0 N–H and O–H groups in total. The lowest BCUT2D eigenvalue weighted by Crippen LogP contribution is -2.51. The van der Waals surface area contributed by atoms with Gasteiger partial charge in [0.05, 0.1) is 26.3 Å². The van der Waals surface area contributed by atoms with Crippen molar-refractivity contribution in [2.75, 3.05) is 27.3 Å². The SMILES string of the molecule is C=CN1C(=O)N2Cc3cc(OC)cc(OC)c3C(C)(C)C=C2C12CCN(Cc1ccccc1)CC2. The standard InChI is InChI=1S/C29H35N3O3/c1-6-32-27(33)31-20-22-16-23(34-4)17-24(35-5)26(22)28(2,3)18-25(31)29(32)12-14-30(15-13-29)19-21-10-8-7-9-11-21/h6-11,16-18H,1,12-15,19-20H2,2-5H3. The molecule has 3 aliphatic rings. The van der Waals surface area contributed by atoms with Gasteiger partial charge in [-0.05, 0) is 30.0 Å². The second-order valence-corrected chi connectivity index (χ2v) is 10.3. The van der Waals surface area contributed by atoms with E-state index in [1.807, 2.05) is 21.9 Å². The number of allylic oxidation sites excluding steroid dienone is 1. The van der Waals surface area contributed by atoms with Crippen molar-refractivity contribution in [3.05, 3.63) is 83.7 Å². The summed E-state index contributed by atoms with van der Waals surface area (Å²) in [4.78, 5) is 20.1. The van der Waals surface area contributed by atoms with Crippen LogP contribution >= 0.6 is 0 Å². The number of likely N-dealkylation sites (tertiary alicyclic amines) is 1. The molecule has 3 heterocycles. The van der Waals surface area contributed by atoms with E-state index in [0.29, 0.717) is 6.54 Å². The van der Waals surface area contributed by atoms with Gasteiger partial charge in [0.25, 0.3) is 0 Å². The Morgan fingerprint density at radius 1 is 1.06 bits per heavy atom. The zero-order valence-corrected chi connectivity index (χ0v) is 21.2. The van der Waals surface area contributed by atoms with Gasteiger partial charge in [-0.25, -0.2) is 4.79 Å². The summed E-state index contributed by atoms with van der Waals surface area (Å²) in [5, 5.41) is 0. The molecule has 3 aliphatic heterocycles. The third kappa shape index (κ3) is 3.80. The van der Waals surface area contributed by atoms with Crippen LogP contribution in [0.25, 0.3) is 0 Å². The minimum absolute atomic E-state index is 0.00630. The van der Waals surface area contributed by atoms with Crippen molar-refractivity contribution in [3.8, 4) is 11.5 Å². The summed E-state index contributed by atoms with van der Waals surface area (Å²) in [7, 11) is 3.35. The normalized spacial score (nSPS) is 20.7. The number of piperidine rings is 1. The Morgan fingerprint density at radius 3 is 2.40 bits per heavy atom. The average Bonchev–Trinajstić information content (AvgIpc) is 2.97. The van der Waals surface area contributed by atoms with Gasteiger partial charge in [-0.15, -0.1) is 0 Å². The number of fused-ring (bicyclic) bond motifs is 3. The molecule has 2 aromatic carbocycles. The number of benzene rings is 2. The smallest absolute Gasteiger partial charge is 0.329 e. The summed E-state index contributed by atoms with van der Waals surface area (Å²) >= 11 is 0. The first-order valence-corrected chi connectivity index (χ1v) is 12.3. The van der Waals surface area contributed by atoms with Crippen LogP contribution in [0.4, 0.5) is 4.79 Å². The minimum Gasteiger partial charge on any atom is -0.497 e. The maximum atomic E-state index is 13.8. The Labute approximate surface area is 208 Å². The number of rotatable bonds is 5. The molecule has 0 aromatic heterocycles. The van der Waals surface area contributed by atoms with Gasteiger partial charge in [0, 0.05) is 48.6 Å². The summed E-state index contributed by atoms with van der Waals surface area (Å²) in [6, 6.07) is 14.6. The van der Waals surface area contributed by atoms with Crippen molar-refractivity contribution in [1.29, 1.82) is 0 Å². The molecule has 6 heteroatoms. The van der Waals surface area contributed by atoms with E-state index < -0.39 is 0 Å². The number of methoxy groups -OCH3 is 2. The summed E-state index contributed by atoms with van der Waals surface area (Å²) in [6.45, 7) is 11.7. The number of carbonyl (C=O) groups excluding carboxylic acids is 1. The molecule has 0 bridgehead atoms. The highest BCUT2D eigenvalue weighted by molar-refractivity contribution is 5.84. The Balaban J connectivity index is 1.52. The number of nitrogens with zero attached hydrogens (tertiary/aromatic N) is 3. The molecule has 0 aliphatic carbocycles. The third-order valence-electron chi connectivity index (χ3n) is 7.86. The Bertz CT molecular complexity index is 1160. The molecular formula is C29H35N3O3. The molecule has 2 aromatic rings. The zero-order chi connectivity index (χ0) is 24.8. The van der Waals surface area contributed by atoms with Crippen LogP contribution in [-0.4, -0.2) is 53.6 Å². The summed E-state index contributed by atoms with van der Waals surface area (Å²) in [6.07, 6.45) is 5.76. The molecule has 35 heavy (non-hydrogen) atoms. The molecule has 0 radical (unpaired) electrons. The van der Waals surface area contributed by atoms with Crippen molar-refractivity contribution in [2.45, 2.75) is 50.7 Å². The van der Waals surface area contributed by atoms with E-state index in [0.717, 1.165) is 60.8 Å². The van der Waals surface area contributed by atoms with Crippen LogP contribution in [0.1, 0.15) is 43.4 Å². The average molecular weight is 474 g/mol. The van der Waals surface area contributed by atoms with Gasteiger partial charge in [0.1, 0.15) is 11.5 Å². The van der Waals surface area contributed by atoms with Crippen LogP contribution < -0.4 is 9.47 Å². The van der Waals surface area contributed by atoms with Crippen molar-refractivity contribution >= 4 is 6.03 Å². The lowest BCUT2D eigenvalue weighted by Gasteiger charge is -2.44. The molecule has 5 rings (SSSR count). The van der Waals surface area contributed by atoms with Crippen molar-refractivity contribution in [3.63, 3.8) is 0 Å². The maximum absolute atomic E-state index is 13.8. The second kappa shape index (κ2) is 8.76. The molecular weight excluding hydrogens is 438 g/mol. The molecule has 1 spiro atoms. The topological polar surface area (TPSA) is 45.3 Å². The van der Waals surface area contributed by atoms with Crippen LogP contribution in [0.2, 0.25) is 0 Å². The highest BCUT2D eigenvalue weighted by Crippen LogP contribution is 2.50. The van der Waals surface area contributed by atoms with Gasteiger partial charge in [0.2, 0.25) is 0 Å². The van der Waals surface area contributed by atoms with Crippen LogP contribution in [0, 0.1) is 0 Å². The second-order valence-electron chi connectivity index (χ2n) is 10.3. The molecule has 2 saturated heterocycles. The van der Waals surface area contributed by atoms with E-state index in [1.165, 1.54) is 5.56 Å². The molecule has 0 unspecified atom stereocenters. The van der Waals surface area contributed by atoms with Gasteiger partial charge in [-0.3, -0.25) is 14.7 Å². The number of amides is 2. The van der Waals surface area contributed by atoms with Gasteiger partial charge >= 0.3 is 6.03 Å². The van der Waals surface area contributed by atoms with E-state index in [2.05, 4.69) is 61.7 Å². The quantitative estimate of drug-likeness (QED) is 0.592. The molecule has 184 valence electrons. The van der Waals surface area contributed by atoms with Gasteiger partial charge in [-0.1, -0.05) is 56.8 Å². The van der Waals surface area contributed by atoms with E-state index in [1.54, 1.807) is 20.4 Å². The number of carbonyl (C=O) groups is 1. The van der Waals surface area contributed by atoms with Crippen LogP contribution in [-0.2, 0) is 18.5 Å². The lowest BCUT2D eigenvalue weighted by atomic mass is 9.77. The third-order valence-corrected chi connectivity index (χ3v) is 7.86. The van der Waals surface area contributed by atoms with Crippen molar-refractivity contribution < 1.29 is 14.3 Å². The predicted molar refractivity (Wildman–Crippen MR) is 137 cm³/mol. The van der Waals surface area contributed by atoms with Gasteiger partial charge < -0.3 is 9.47 Å². The Morgan fingerprint density at radius 2 is 1.77 bits per heavy atom. The van der Waals surface area contributed by atoms with Gasteiger partial charge in [-0.2, -0.15) is 0 Å². The van der Waals surface area contributed by atoms with Crippen LogP contribution in [0.3, 0.4) is 0 Å². The Kier molecular flexibility index (Phi) is 5.88. The fourth-order valence-corrected chi connectivity index (χ4v) is 6.19. The van der Waals surface area contributed by atoms with Gasteiger partial charge in [0.15, 0.2) is 0 Å². The lowest BCUT2D eigenvalue weighted by molar-refractivity contribution is 0.110. The molecule has 2 fully saturated rings. The largest absolute Gasteiger partial charge is 0.497 e. The summed E-state index contributed by atoms with van der Waals surface area (Å²) in [5.41, 5.74) is 3.85. The number of hydrogen-bond acceptors (Lipinski definition) is 4. The predicted octanol–water partition coefficient (Wildman–Crippen LogP) is 5.29. The summed E-state index contributed by atoms with van der Waals surface area (Å²) < 4.78 is 11.3. The molecule has 0 atom stereocenters. The molecule has 2 amide bonds. The van der Waals surface area contributed by atoms with E-state index in [4.69, 9.17) is 9.47 Å². The first kappa shape index (κ1) is 23.5. The van der Waals surface area contributed by atoms with E-state index in [-0.39, 0.29) is 17.0 Å². The number of ether oxygens (including phenoxy) is 2. The first-order valence-electron chi connectivity index (χ1n) is 12.3. The van der Waals surface area contributed by atoms with Crippen LogP contribution in [0.5, 0.6) is 11.5 Å². The first-order chi connectivity index (χ1) is 16.8. The maximum Gasteiger partial charge on any atom is 0.329 e. The monoisotopic (exact) mass is 473 g/mol. The molecule has 6 nitrogen and oxygen atoms in total. The fourth-order valence-electron chi connectivity index (χ4n) is 6.19. The highest BCUT2D eigenvalue weighted by Gasteiger charge is 2.55. The minimum atomic E-state index is -0.386. The fraction of sp³-hybridized carbons (Fsp3) is 0.414. The number of hydrogen-bond donors (Lipinski definition) is 0. The van der Waals surface area contributed by atoms with Crippen LogP contribution in [0.15, 0.2) is 67.0 Å². The highest BCUT2D eigenvalue weighted by atomic mass is 16.5. The van der Waals surface area contributed by atoms with Crippen molar-refractivity contribution in [2.24, 2.45) is 0 Å². The van der Waals surface area contributed by atoms with E-state index >= 15 is 0 Å². The van der Waals surface area contributed by atoms with E-state index in [9.17, 15) is 4.79 Å². The zero-order valence-electron chi connectivity index (χ0n) is 21.2. The summed E-state index contributed by atoms with van der Waals surface area (Å²) in [5.74, 6) is 1.53. The Hall–Kier alpha value is -3.25.